The fraction of sp³-hybridized carbons (Fsp3) is 1.00. The highest BCUT2D eigenvalue weighted by molar-refractivity contribution is 5.07. The summed E-state index contributed by atoms with van der Waals surface area (Å²) in [6.07, 6.45) is 5.68. The van der Waals surface area contributed by atoms with Crippen LogP contribution in [0.3, 0.4) is 0 Å². The first-order chi connectivity index (χ1) is 4.68. The van der Waals surface area contributed by atoms with Crippen LogP contribution >= 0.6 is 0 Å². The molecule has 1 unspecified atom stereocenters. The number of rotatable bonds is 1. The van der Waals surface area contributed by atoms with Crippen LogP contribution in [0.15, 0.2) is 0 Å². The molecule has 1 saturated heterocycles. The molecule has 1 saturated carbocycles. The van der Waals surface area contributed by atoms with Crippen molar-refractivity contribution >= 4 is 0 Å². The van der Waals surface area contributed by atoms with Crippen LogP contribution in [0.5, 0.6) is 0 Å². The Balaban J connectivity index is 2.04. The van der Waals surface area contributed by atoms with Gasteiger partial charge in [-0.1, -0.05) is 6.92 Å². The van der Waals surface area contributed by atoms with Gasteiger partial charge in [0.25, 0.3) is 0 Å². The number of hydrogen-bond acceptors (Lipinski definition) is 1. The molecule has 58 valence electrons. The Morgan fingerprint density at radius 1 is 1.40 bits per heavy atom. The number of nitrogens with one attached hydrogen (secondary N) is 1. The molecule has 2 rings (SSSR count). The molecule has 1 N–H and O–H groups in total. The van der Waals surface area contributed by atoms with Crippen molar-refractivity contribution in [3.8, 4) is 0 Å². The first kappa shape index (κ1) is 6.66. The van der Waals surface area contributed by atoms with Gasteiger partial charge in [-0.25, -0.2) is 0 Å². The number of hydrogen-bond donors (Lipinski definition) is 1. The van der Waals surface area contributed by atoms with E-state index in [4.69, 9.17) is 0 Å². The van der Waals surface area contributed by atoms with E-state index in [0.717, 1.165) is 5.41 Å². The zero-order chi connectivity index (χ0) is 7.24. The van der Waals surface area contributed by atoms with Gasteiger partial charge in [0.1, 0.15) is 0 Å². The molecule has 1 spiro atoms. The van der Waals surface area contributed by atoms with E-state index in [-0.39, 0.29) is 0 Å². The quantitative estimate of drug-likeness (QED) is 0.585. The molecule has 0 aromatic rings. The lowest BCUT2D eigenvalue weighted by Crippen LogP contribution is -2.34. The molecule has 0 amide bonds. The largest absolute Gasteiger partial charge is 0.311 e. The summed E-state index contributed by atoms with van der Waals surface area (Å²) in [7, 11) is 0. The maximum absolute atomic E-state index is 3.64. The highest BCUT2D eigenvalue weighted by Gasteiger charge is 2.51. The van der Waals surface area contributed by atoms with Crippen molar-refractivity contribution in [2.45, 2.75) is 45.1 Å². The topological polar surface area (TPSA) is 12.0 Å². The minimum atomic E-state index is 0.483. The predicted molar refractivity (Wildman–Crippen MR) is 43.0 cm³/mol. The normalized spacial score (nSPS) is 42.6. The summed E-state index contributed by atoms with van der Waals surface area (Å²) in [6, 6.07) is 0. The van der Waals surface area contributed by atoms with Crippen molar-refractivity contribution in [1.29, 1.82) is 0 Å². The lowest BCUT2D eigenvalue weighted by molar-refractivity contribution is 0.384. The third-order valence-electron chi connectivity index (χ3n) is 3.39. The van der Waals surface area contributed by atoms with Crippen molar-refractivity contribution in [2.24, 2.45) is 5.41 Å². The smallest absolute Gasteiger partial charge is 0.0156 e. The molecule has 1 heterocycles. The molecule has 2 aliphatic rings. The van der Waals surface area contributed by atoms with Gasteiger partial charge in [0.05, 0.1) is 0 Å². The van der Waals surface area contributed by atoms with Gasteiger partial charge in [-0.2, -0.15) is 0 Å². The predicted octanol–water partition coefficient (Wildman–Crippen LogP) is 1.93. The Hall–Kier alpha value is -0.0400. The SMILES string of the molecule is CCC1(C)CC2(CC2)CN1. The van der Waals surface area contributed by atoms with Gasteiger partial charge in [0.2, 0.25) is 0 Å². The molecule has 2 fully saturated rings. The third-order valence-corrected chi connectivity index (χ3v) is 3.39. The van der Waals surface area contributed by atoms with Gasteiger partial charge in [-0.15, -0.1) is 0 Å². The molecule has 0 aromatic heterocycles. The zero-order valence-electron chi connectivity index (χ0n) is 7.04. The maximum Gasteiger partial charge on any atom is 0.0156 e. The Morgan fingerprint density at radius 2 is 2.10 bits per heavy atom. The van der Waals surface area contributed by atoms with E-state index in [1.165, 1.54) is 32.2 Å². The van der Waals surface area contributed by atoms with Crippen molar-refractivity contribution < 1.29 is 0 Å². The average Bonchev–Trinajstić information content (AvgIpc) is 2.56. The fourth-order valence-corrected chi connectivity index (χ4v) is 2.13. The molecule has 1 nitrogen and oxygen atoms in total. The summed E-state index contributed by atoms with van der Waals surface area (Å²) < 4.78 is 0. The van der Waals surface area contributed by atoms with Gasteiger partial charge in [-0.05, 0) is 38.0 Å². The Bertz CT molecular complexity index is 149. The van der Waals surface area contributed by atoms with Crippen LogP contribution in [0.2, 0.25) is 0 Å². The van der Waals surface area contributed by atoms with Crippen LogP contribution < -0.4 is 5.32 Å². The van der Waals surface area contributed by atoms with Gasteiger partial charge in [-0.3, -0.25) is 0 Å². The third kappa shape index (κ3) is 0.878. The minimum Gasteiger partial charge on any atom is -0.311 e. The maximum atomic E-state index is 3.64. The molecule has 1 heteroatoms. The molecular weight excluding hydrogens is 122 g/mol. The highest BCUT2D eigenvalue weighted by Crippen LogP contribution is 2.54. The van der Waals surface area contributed by atoms with Crippen LogP contribution in [-0.4, -0.2) is 12.1 Å². The van der Waals surface area contributed by atoms with Gasteiger partial charge < -0.3 is 5.32 Å². The molecule has 0 radical (unpaired) electrons. The van der Waals surface area contributed by atoms with E-state index in [0.29, 0.717) is 5.54 Å². The Labute approximate surface area is 63.2 Å². The molecule has 0 bridgehead atoms. The van der Waals surface area contributed by atoms with Gasteiger partial charge in [0, 0.05) is 12.1 Å². The van der Waals surface area contributed by atoms with Crippen molar-refractivity contribution in [3.05, 3.63) is 0 Å². The van der Waals surface area contributed by atoms with E-state index >= 15 is 0 Å². The van der Waals surface area contributed by atoms with Gasteiger partial charge in [0.15, 0.2) is 0 Å². The van der Waals surface area contributed by atoms with E-state index in [9.17, 15) is 0 Å². The summed E-state index contributed by atoms with van der Waals surface area (Å²) in [5.74, 6) is 0. The lowest BCUT2D eigenvalue weighted by Gasteiger charge is -2.21. The van der Waals surface area contributed by atoms with E-state index in [2.05, 4.69) is 19.2 Å². The fourth-order valence-electron chi connectivity index (χ4n) is 2.13. The molecular formula is C9H17N. The van der Waals surface area contributed by atoms with Crippen molar-refractivity contribution in [1.82, 2.24) is 5.32 Å². The average molecular weight is 139 g/mol. The monoisotopic (exact) mass is 139 g/mol. The second-order valence-corrected chi connectivity index (χ2v) is 4.44. The summed E-state index contributed by atoms with van der Waals surface area (Å²) in [4.78, 5) is 0. The van der Waals surface area contributed by atoms with E-state index in [1.807, 2.05) is 0 Å². The Kier molecular flexibility index (Phi) is 1.17. The molecule has 1 aliphatic heterocycles. The Morgan fingerprint density at radius 3 is 2.40 bits per heavy atom. The van der Waals surface area contributed by atoms with Crippen molar-refractivity contribution in [3.63, 3.8) is 0 Å². The van der Waals surface area contributed by atoms with Crippen LogP contribution in [-0.2, 0) is 0 Å². The van der Waals surface area contributed by atoms with Crippen LogP contribution in [0.25, 0.3) is 0 Å². The van der Waals surface area contributed by atoms with E-state index in [1.54, 1.807) is 0 Å². The van der Waals surface area contributed by atoms with Crippen LogP contribution in [0, 0.1) is 5.41 Å². The minimum absolute atomic E-state index is 0.483. The summed E-state index contributed by atoms with van der Waals surface area (Å²) in [5, 5.41) is 3.64. The molecule has 1 aliphatic carbocycles. The molecule has 1 atom stereocenters. The zero-order valence-corrected chi connectivity index (χ0v) is 7.04. The second kappa shape index (κ2) is 1.76. The lowest BCUT2D eigenvalue weighted by atomic mass is 9.91. The second-order valence-electron chi connectivity index (χ2n) is 4.44. The summed E-state index contributed by atoms with van der Waals surface area (Å²) >= 11 is 0. The van der Waals surface area contributed by atoms with E-state index < -0.39 is 0 Å². The summed E-state index contributed by atoms with van der Waals surface area (Å²) in [5.41, 5.74) is 1.25. The molecule has 0 aromatic carbocycles. The first-order valence-corrected chi connectivity index (χ1v) is 4.43. The van der Waals surface area contributed by atoms with Crippen LogP contribution in [0.1, 0.15) is 39.5 Å². The van der Waals surface area contributed by atoms with Gasteiger partial charge >= 0.3 is 0 Å². The summed E-state index contributed by atoms with van der Waals surface area (Å²) in [6.45, 7) is 5.94. The first-order valence-electron chi connectivity index (χ1n) is 4.43. The standard InChI is InChI=1S/C9H17N/c1-3-8(2)6-9(4-5-9)7-10-8/h10H,3-7H2,1-2H3. The molecule has 10 heavy (non-hydrogen) atoms. The van der Waals surface area contributed by atoms with Crippen molar-refractivity contribution in [2.75, 3.05) is 6.54 Å². The highest BCUT2D eigenvalue weighted by atomic mass is 15.0. The van der Waals surface area contributed by atoms with Crippen LogP contribution in [0.4, 0.5) is 0 Å².